The summed E-state index contributed by atoms with van der Waals surface area (Å²) in [5.41, 5.74) is 0. The number of carbonyl (C=O) groups excluding carboxylic acids is 1. The largest absolute Gasteiger partial charge is 0.384 e. The van der Waals surface area contributed by atoms with Gasteiger partial charge < -0.3 is 15.0 Å². The molecule has 0 radical (unpaired) electrons. The average Bonchev–Trinajstić information content (AvgIpc) is 2.72. The van der Waals surface area contributed by atoms with Gasteiger partial charge in [0.1, 0.15) is 0 Å². The molecule has 2 atom stereocenters. The highest BCUT2D eigenvalue weighted by Crippen LogP contribution is 2.26. The van der Waals surface area contributed by atoms with E-state index in [1.54, 1.807) is 7.11 Å². The van der Waals surface area contributed by atoms with Gasteiger partial charge in [0, 0.05) is 32.0 Å². The lowest BCUT2D eigenvalue weighted by molar-refractivity contribution is -0.135. The number of nitrogens with zero attached hydrogens (tertiary/aromatic N) is 1. The molecule has 2 rings (SSSR count). The van der Waals surface area contributed by atoms with E-state index in [0.29, 0.717) is 17.7 Å². The molecule has 0 aliphatic carbocycles. The fourth-order valence-corrected chi connectivity index (χ4v) is 2.97. The zero-order valence-corrected chi connectivity index (χ0v) is 10.9. The predicted molar refractivity (Wildman–Crippen MR) is 66.7 cm³/mol. The maximum absolute atomic E-state index is 12.4. The molecule has 4 nitrogen and oxygen atoms in total. The summed E-state index contributed by atoms with van der Waals surface area (Å²) in [5.74, 6) is 1.72. The van der Waals surface area contributed by atoms with E-state index in [-0.39, 0.29) is 5.92 Å². The summed E-state index contributed by atoms with van der Waals surface area (Å²) in [4.78, 5) is 14.4. The lowest BCUT2D eigenvalue weighted by Crippen LogP contribution is -2.40. The van der Waals surface area contributed by atoms with Crippen LogP contribution in [0, 0.1) is 17.8 Å². The highest BCUT2D eigenvalue weighted by Gasteiger charge is 2.35. The van der Waals surface area contributed by atoms with Gasteiger partial charge in [-0.05, 0) is 31.8 Å². The van der Waals surface area contributed by atoms with Gasteiger partial charge in [0.05, 0.1) is 6.61 Å². The third kappa shape index (κ3) is 2.99. The number of nitrogens with one attached hydrogen (secondary N) is 1. The molecule has 2 aliphatic rings. The quantitative estimate of drug-likeness (QED) is 0.790. The van der Waals surface area contributed by atoms with Crippen molar-refractivity contribution >= 4 is 5.91 Å². The van der Waals surface area contributed by atoms with Crippen LogP contribution in [0.2, 0.25) is 0 Å². The van der Waals surface area contributed by atoms with Crippen LogP contribution in [-0.2, 0) is 9.53 Å². The average molecular weight is 240 g/mol. The van der Waals surface area contributed by atoms with E-state index in [1.165, 1.54) is 0 Å². The number of piperidine rings is 1. The first-order valence-corrected chi connectivity index (χ1v) is 6.70. The van der Waals surface area contributed by atoms with Crippen molar-refractivity contribution < 1.29 is 9.53 Å². The first kappa shape index (κ1) is 12.8. The van der Waals surface area contributed by atoms with Crippen molar-refractivity contribution in [2.45, 2.75) is 19.8 Å². The predicted octanol–water partition coefficient (Wildman–Crippen LogP) is 0.727. The lowest BCUT2D eigenvalue weighted by Gasteiger charge is -2.26. The molecule has 17 heavy (non-hydrogen) atoms. The van der Waals surface area contributed by atoms with Crippen LogP contribution in [0.5, 0.6) is 0 Å². The molecule has 4 heteroatoms. The summed E-state index contributed by atoms with van der Waals surface area (Å²) in [5, 5.41) is 3.31. The number of rotatable bonds is 3. The molecule has 2 saturated heterocycles. The van der Waals surface area contributed by atoms with Crippen LogP contribution < -0.4 is 5.32 Å². The second-order valence-corrected chi connectivity index (χ2v) is 5.46. The van der Waals surface area contributed by atoms with Crippen LogP contribution >= 0.6 is 0 Å². The molecule has 0 unspecified atom stereocenters. The van der Waals surface area contributed by atoms with Crippen LogP contribution in [0.3, 0.4) is 0 Å². The van der Waals surface area contributed by atoms with Crippen molar-refractivity contribution in [2.75, 3.05) is 39.9 Å². The summed E-state index contributed by atoms with van der Waals surface area (Å²) in [6.45, 7) is 6.77. The molecule has 0 spiro atoms. The number of hydrogen-bond acceptors (Lipinski definition) is 3. The number of carbonyl (C=O) groups is 1. The van der Waals surface area contributed by atoms with Crippen molar-refractivity contribution in [3.63, 3.8) is 0 Å². The summed E-state index contributed by atoms with van der Waals surface area (Å²) in [7, 11) is 1.74. The molecule has 0 aromatic carbocycles. The van der Waals surface area contributed by atoms with E-state index in [9.17, 15) is 4.79 Å². The molecular formula is C13H24N2O2. The van der Waals surface area contributed by atoms with Crippen LogP contribution in [-0.4, -0.2) is 50.7 Å². The van der Waals surface area contributed by atoms with Gasteiger partial charge in [-0.1, -0.05) is 6.92 Å². The van der Waals surface area contributed by atoms with Gasteiger partial charge in [-0.15, -0.1) is 0 Å². The zero-order chi connectivity index (χ0) is 12.3. The number of hydrogen-bond donors (Lipinski definition) is 1. The molecule has 0 saturated carbocycles. The first-order chi connectivity index (χ1) is 8.22. The molecule has 98 valence electrons. The molecule has 2 fully saturated rings. The Hall–Kier alpha value is -0.610. The Morgan fingerprint density at radius 1 is 1.35 bits per heavy atom. The third-order valence-electron chi connectivity index (χ3n) is 4.15. The van der Waals surface area contributed by atoms with Gasteiger partial charge in [0.25, 0.3) is 0 Å². The Balaban J connectivity index is 1.88. The van der Waals surface area contributed by atoms with Crippen LogP contribution in [0.25, 0.3) is 0 Å². The highest BCUT2D eigenvalue weighted by atomic mass is 16.5. The van der Waals surface area contributed by atoms with Crippen LogP contribution in [0.15, 0.2) is 0 Å². The van der Waals surface area contributed by atoms with Crippen molar-refractivity contribution in [3.8, 4) is 0 Å². The Morgan fingerprint density at radius 3 is 2.71 bits per heavy atom. The first-order valence-electron chi connectivity index (χ1n) is 6.70. The highest BCUT2D eigenvalue weighted by molar-refractivity contribution is 5.79. The molecule has 2 aliphatic heterocycles. The number of ether oxygens (including phenoxy) is 1. The van der Waals surface area contributed by atoms with Crippen molar-refractivity contribution in [1.29, 1.82) is 0 Å². The van der Waals surface area contributed by atoms with E-state index in [1.807, 2.05) is 0 Å². The van der Waals surface area contributed by atoms with Gasteiger partial charge in [-0.3, -0.25) is 4.79 Å². The normalized spacial score (nSPS) is 30.8. The maximum Gasteiger partial charge on any atom is 0.225 e. The number of likely N-dealkylation sites (tertiary alicyclic amines) is 1. The van der Waals surface area contributed by atoms with E-state index >= 15 is 0 Å². The van der Waals surface area contributed by atoms with Crippen LogP contribution in [0.4, 0.5) is 0 Å². The number of amides is 1. The van der Waals surface area contributed by atoms with Gasteiger partial charge in [0.2, 0.25) is 5.91 Å². The smallest absolute Gasteiger partial charge is 0.225 e. The van der Waals surface area contributed by atoms with Gasteiger partial charge >= 0.3 is 0 Å². The minimum atomic E-state index is 0.254. The van der Waals surface area contributed by atoms with Crippen molar-refractivity contribution in [3.05, 3.63) is 0 Å². The van der Waals surface area contributed by atoms with Gasteiger partial charge in [-0.25, -0.2) is 0 Å². The molecule has 0 bridgehead atoms. The molecule has 0 aromatic rings. The Morgan fingerprint density at radius 2 is 2.06 bits per heavy atom. The minimum Gasteiger partial charge on any atom is -0.384 e. The number of methoxy groups -OCH3 is 1. The fourth-order valence-electron chi connectivity index (χ4n) is 2.97. The van der Waals surface area contributed by atoms with Gasteiger partial charge in [0.15, 0.2) is 0 Å². The van der Waals surface area contributed by atoms with E-state index in [2.05, 4.69) is 17.1 Å². The van der Waals surface area contributed by atoms with Gasteiger partial charge in [-0.2, -0.15) is 0 Å². The molecule has 0 aromatic heterocycles. The fraction of sp³-hybridized carbons (Fsp3) is 0.923. The zero-order valence-electron chi connectivity index (χ0n) is 10.9. The molecule has 2 heterocycles. The molecule has 1 N–H and O–H groups in total. The third-order valence-corrected chi connectivity index (χ3v) is 4.15. The molecule has 1 amide bonds. The monoisotopic (exact) mass is 240 g/mol. The second kappa shape index (κ2) is 5.83. The summed E-state index contributed by atoms with van der Waals surface area (Å²) >= 11 is 0. The van der Waals surface area contributed by atoms with E-state index in [0.717, 1.165) is 45.6 Å². The standard InChI is InChI=1S/C13H24N2O2/c1-10-7-15(8-12(10)9-17-2)13(16)11-3-5-14-6-4-11/h10-12,14H,3-9H2,1-2H3/t10-,12-/m1/s1. The Bertz CT molecular complexity index is 264. The maximum atomic E-state index is 12.4. The Kier molecular flexibility index (Phi) is 4.40. The minimum absolute atomic E-state index is 0.254. The van der Waals surface area contributed by atoms with Crippen molar-refractivity contribution in [1.82, 2.24) is 10.2 Å². The topological polar surface area (TPSA) is 41.6 Å². The van der Waals surface area contributed by atoms with Crippen molar-refractivity contribution in [2.24, 2.45) is 17.8 Å². The lowest BCUT2D eigenvalue weighted by atomic mass is 9.97. The summed E-state index contributed by atoms with van der Waals surface area (Å²) in [6, 6.07) is 0. The molecular weight excluding hydrogens is 216 g/mol. The SMILES string of the molecule is COC[C@H]1CN(C(=O)C2CCNCC2)C[C@H]1C. The Labute approximate surface area is 104 Å². The summed E-state index contributed by atoms with van der Waals surface area (Å²) in [6.07, 6.45) is 2.00. The second-order valence-electron chi connectivity index (χ2n) is 5.46. The summed E-state index contributed by atoms with van der Waals surface area (Å²) < 4.78 is 5.22. The van der Waals surface area contributed by atoms with Crippen LogP contribution in [0.1, 0.15) is 19.8 Å². The van der Waals surface area contributed by atoms with E-state index in [4.69, 9.17) is 4.74 Å². The van der Waals surface area contributed by atoms with E-state index < -0.39 is 0 Å².